The first-order valence-corrected chi connectivity index (χ1v) is 5.11. The Hall–Kier alpha value is -0.890. The molecule has 0 aromatic heterocycles. The van der Waals surface area contributed by atoms with Crippen molar-refractivity contribution in [2.24, 2.45) is 0 Å². The molecule has 0 aliphatic heterocycles. The number of rotatable bonds is 1. The first kappa shape index (κ1) is 9.66. The summed E-state index contributed by atoms with van der Waals surface area (Å²) in [4.78, 5) is 0. The van der Waals surface area contributed by atoms with Crippen molar-refractivity contribution in [3.8, 4) is 0 Å². The molecule has 0 amide bonds. The van der Waals surface area contributed by atoms with Gasteiger partial charge in [0.05, 0.1) is 6.10 Å². The Balaban J connectivity index is 2.12. The van der Waals surface area contributed by atoms with Crippen molar-refractivity contribution in [3.63, 3.8) is 0 Å². The van der Waals surface area contributed by atoms with Crippen molar-refractivity contribution in [1.29, 1.82) is 0 Å². The lowest BCUT2D eigenvalue weighted by Gasteiger charge is -2.25. The van der Waals surface area contributed by atoms with Gasteiger partial charge in [0.1, 0.15) is 5.82 Å². The third kappa shape index (κ3) is 1.95. The van der Waals surface area contributed by atoms with Gasteiger partial charge in [-0.05, 0) is 55.4 Å². The predicted octanol–water partition coefficient (Wildman–Crippen LogP) is 2.64. The lowest BCUT2D eigenvalue weighted by atomic mass is 9.82. The lowest BCUT2D eigenvalue weighted by molar-refractivity contribution is 0.122. The summed E-state index contributed by atoms with van der Waals surface area (Å²) in [5.41, 5.74) is 0.763. The molecule has 75 valence electrons. The van der Waals surface area contributed by atoms with Crippen LogP contribution in [0.4, 0.5) is 4.39 Å². The highest BCUT2D eigenvalue weighted by Gasteiger charge is 2.22. The number of aliphatic hydroxyl groups is 1. The summed E-state index contributed by atoms with van der Waals surface area (Å²) in [6, 6.07) is 7.69. The van der Waals surface area contributed by atoms with Crippen molar-refractivity contribution in [2.75, 3.05) is 0 Å². The molecule has 1 aliphatic rings. The lowest BCUT2D eigenvalue weighted by Crippen LogP contribution is -2.17. The van der Waals surface area contributed by atoms with Crippen LogP contribution < -0.4 is 0 Å². The second-order valence-corrected chi connectivity index (χ2v) is 3.95. The van der Waals surface area contributed by atoms with E-state index in [2.05, 4.69) is 6.07 Å². The minimum atomic E-state index is -0.179. The monoisotopic (exact) mass is 193 g/mol. The van der Waals surface area contributed by atoms with Crippen LogP contribution in [0.15, 0.2) is 18.2 Å². The van der Waals surface area contributed by atoms with E-state index in [9.17, 15) is 9.50 Å². The molecule has 2 rings (SSSR count). The normalized spacial score (nSPS) is 27.6. The third-order valence-electron chi connectivity index (χ3n) is 2.98. The fraction of sp³-hybridized carbons (Fsp3) is 0.500. The fourth-order valence-electron chi connectivity index (χ4n) is 2.12. The Morgan fingerprint density at radius 2 is 2.00 bits per heavy atom. The molecule has 1 saturated carbocycles. The van der Waals surface area contributed by atoms with E-state index in [1.165, 1.54) is 6.07 Å². The Bertz CT molecular complexity index is 303. The van der Waals surface area contributed by atoms with Gasteiger partial charge in [-0.2, -0.15) is 0 Å². The van der Waals surface area contributed by atoms with Crippen molar-refractivity contribution in [2.45, 2.75) is 37.7 Å². The number of halogens is 1. The second-order valence-electron chi connectivity index (χ2n) is 3.95. The van der Waals surface area contributed by atoms with Gasteiger partial charge in [0.15, 0.2) is 0 Å². The van der Waals surface area contributed by atoms with Gasteiger partial charge < -0.3 is 5.11 Å². The molecule has 1 radical (unpaired) electrons. The number of hydrogen-bond donors (Lipinski definition) is 1. The highest BCUT2D eigenvalue weighted by atomic mass is 19.1. The van der Waals surface area contributed by atoms with Crippen LogP contribution in [0, 0.1) is 11.9 Å². The summed E-state index contributed by atoms with van der Waals surface area (Å²) >= 11 is 0. The maximum absolute atomic E-state index is 13.4. The third-order valence-corrected chi connectivity index (χ3v) is 2.98. The molecule has 0 spiro atoms. The SMILES string of the molecule is OC1CCC(c2c[c]ccc2F)CC1. The topological polar surface area (TPSA) is 20.2 Å². The van der Waals surface area contributed by atoms with Gasteiger partial charge in [-0.15, -0.1) is 0 Å². The van der Waals surface area contributed by atoms with Gasteiger partial charge in [-0.1, -0.05) is 6.07 Å². The van der Waals surface area contributed by atoms with Gasteiger partial charge in [0.25, 0.3) is 0 Å². The van der Waals surface area contributed by atoms with Crippen molar-refractivity contribution < 1.29 is 9.50 Å². The van der Waals surface area contributed by atoms with Crippen LogP contribution in [0.5, 0.6) is 0 Å². The van der Waals surface area contributed by atoms with E-state index in [0.717, 1.165) is 31.2 Å². The van der Waals surface area contributed by atoms with Crippen LogP contribution in [0.1, 0.15) is 37.2 Å². The molecule has 1 fully saturated rings. The highest BCUT2D eigenvalue weighted by molar-refractivity contribution is 5.21. The van der Waals surface area contributed by atoms with E-state index >= 15 is 0 Å². The molecule has 0 atom stereocenters. The van der Waals surface area contributed by atoms with Gasteiger partial charge >= 0.3 is 0 Å². The Kier molecular flexibility index (Phi) is 2.82. The van der Waals surface area contributed by atoms with Crippen LogP contribution in [0.2, 0.25) is 0 Å². The van der Waals surface area contributed by atoms with Crippen molar-refractivity contribution in [1.82, 2.24) is 0 Å². The molecule has 1 aliphatic carbocycles. The van der Waals surface area contributed by atoms with E-state index < -0.39 is 0 Å². The summed E-state index contributed by atoms with van der Waals surface area (Å²) in [6.45, 7) is 0. The van der Waals surface area contributed by atoms with Crippen LogP contribution in [0.25, 0.3) is 0 Å². The Morgan fingerprint density at radius 1 is 1.29 bits per heavy atom. The maximum atomic E-state index is 13.4. The molecule has 0 saturated heterocycles. The second kappa shape index (κ2) is 4.09. The molecule has 1 nitrogen and oxygen atoms in total. The van der Waals surface area contributed by atoms with E-state index in [-0.39, 0.29) is 17.8 Å². The zero-order valence-corrected chi connectivity index (χ0v) is 8.04. The van der Waals surface area contributed by atoms with Gasteiger partial charge in [-0.3, -0.25) is 0 Å². The average molecular weight is 193 g/mol. The molecule has 2 heteroatoms. The molecule has 1 aromatic rings. The smallest absolute Gasteiger partial charge is 0.126 e. The molecule has 0 bridgehead atoms. The molecule has 0 unspecified atom stereocenters. The van der Waals surface area contributed by atoms with Crippen LogP contribution in [-0.2, 0) is 0 Å². The quantitative estimate of drug-likeness (QED) is 0.727. The largest absolute Gasteiger partial charge is 0.393 e. The van der Waals surface area contributed by atoms with E-state index in [4.69, 9.17) is 0 Å². The first-order chi connectivity index (χ1) is 6.77. The molecule has 0 heterocycles. The van der Waals surface area contributed by atoms with E-state index in [0.29, 0.717) is 0 Å². The molecular weight excluding hydrogens is 179 g/mol. The molecular formula is C12H14FO. The van der Waals surface area contributed by atoms with Crippen LogP contribution >= 0.6 is 0 Å². The summed E-state index contributed by atoms with van der Waals surface area (Å²) in [6.07, 6.45) is 3.17. The first-order valence-electron chi connectivity index (χ1n) is 5.11. The maximum Gasteiger partial charge on any atom is 0.126 e. The van der Waals surface area contributed by atoms with Crippen molar-refractivity contribution >= 4 is 0 Å². The average Bonchev–Trinajstić information content (AvgIpc) is 2.20. The van der Waals surface area contributed by atoms with E-state index in [1.54, 1.807) is 12.1 Å². The summed E-state index contributed by atoms with van der Waals surface area (Å²) < 4.78 is 13.4. The zero-order chi connectivity index (χ0) is 9.97. The predicted molar refractivity (Wildman–Crippen MR) is 52.5 cm³/mol. The van der Waals surface area contributed by atoms with Crippen LogP contribution in [-0.4, -0.2) is 11.2 Å². The highest BCUT2D eigenvalue weighted by Crippen LogP contribution is 2.33. The van der Waals surface area contributed by atoms with E-state index in [1.807, 2.05) is 0 Å². The summed E-state index contributed by atoms with van der Waals surface area (Å²) in [5.74, 6) is 0.140. The van der Waals surface area contributed by atoms with Gasteiger partial charge in [-0.25, -0.2) is 4.39 Å². The minimum absolute atomic E-state index is 0.134. The summed E-state index contributed by atoms with van der Waals surface area (Å²) in [5, 5.41) is 9.34. The minimum Gasteiger partial charge on any atom is -0.393 e. The van der Waals surface area contributed by atoms with Crippen molar-refractivity contribution in [3.05, 3.63) is 35.6 Å². The zero-order valence-electron chi connectivity index (χ0n) is 8.04. The van der Waals surface area contributed by atoms with Gasteiger partial charge in [0, 0.05) is 0 Å². The van der Waals surface area contributed by atoms with Gasteiger partial charge in [0.2, 0.25) is 0 Å². The molecule has 1 aromatic carbocycles. The standard InChI is InChI=1S/C12H14FO/c13-12-4-2-1-3-11(12)9-5-7-10(14)8-6-9/h2-4,9-10,14H,5-8H2. The number of benzene rings is 1. The molecule has 14 heavy (non-hydrogen) atoms. The Labute approximate surface area is 83.6 Å². The summed E-state index contributed by atoms with van der Waals surface area (Å²) in [7, 11) is 0. The number of aliphatic hydroxyl groups excluding tert-OH is 1. The van der Waals surface area contributed by atoms with Crippen LogP contribution in [0.3, 0.4) is 0 Å². The Morgan fingerprint density at radius 3 is 2.64 bits per heavy atom. The fourth-order valence-corrected chi connectivity index (χ4v) is 2.12. The number of hydrogen-bond acceptors (Lipinski definition) is 1. The molecule has 1 N–H and O–H groups in total.